The molecule has 2 unspecified atom stereocenters. The van der Waals surface area contributed by atoms with Gasteiger partial charge >= 0.3 is 0 Å². The number of nitrogens with zero attached hydrogens (tertiary/aromatic N) is 1. The van der Waals surface area contributed by atoms with Gasteiger partial charge in [-0.1, -0.05) is 30.1 Å². The fraction of sp³-hybridized carbons (Fsp3) is 0.600. The highest BCUT2D eigenvalue weighted by Crippen LogP contribution is 2.23. The van der Waals surface area contributed by atoms with Crippen LogP contribution in [0.3, 0.4) is 0 Å². The van der Waals surface area contributed by atoms with Gasteiger partial charge in [0.2, 0.25) is 0 Å². The van der Waals surface area contributed by atoms with Crippen molar-refractivity contribution in [3.63, 3.8) is 0 Å². The van der Waals surface area contributed by atoms with Crippen LogP contribution in [0.25, 0.3) is 0 Å². The maximum absolute atomic E-state index is 6.30. The molecule has 1 aromatic rings. The summed E-state index contributed by atoms with van der Waals surface area (Å²) in [5.74, 6) is 0. The van der Waals surface area contributed by atoms with Gasteiger partial charge in [0.25, 0.3) is 0 Å². The Hall–Kier alpha value is -0.320. The van der Waals surface area contributed by atoms with E-state index in [0.29, 0.717) is 16.5 Å². The standard InChI is InChI=1S/C15H22Cl2N2O/c1-2-5-19-6-7-20-15(10-19)14(18)9-11-8-12(16)3-4-13(11)17/h3-4,8,14-15H,2,5-7,9-10,18H2,1H3. The predicted molar refractivity (Wildman–Crippen MR) is 84.6 cm³/mol. The summed E-state index contributed by atoms with van der Waals surface area (Å²) in [6.45, 7) is 5.93. The average molecular weight is 317 g/mol. The minimum Gasteiger partial charge on any atom is -0.374 e. The summed E-state index contributed by atoms with van der Waals surface area (Å²) in [6.07, 6.45) is 1.90. The number of benzene rings is 1. The van der Waals surface area contributed by atoms with E-state index in [0.717, 1.165) is 38.2 Å². The fourth-order valence-electron chi connectivity index (χ4n) is 2.60. The Bertz CT molecular complexity index is 440. The van der Waals surface area contributed by atoms with E-state index in [9.17, 15) is 0 Å². The van der Waals surface area contributed by atoms with Crippen LogP contribution in [-0.4, -0.2) is 43.3 Å². The first-order chi connectivity index (χ1) is 9.60. The molecule has 5 heteroatoms. The highest BCUT2D eigenvalue weighted by Gasteiger charge is 2.26. The number of nitrogens with two attached hydrogens (primary N) is 1. The number of morpholine rings is 1. The lowest BCUT2D eigenvalue weighted by Crippen LogP contribution is -2.51. The smallest absolute Gasteiger partial charge is 0.0856 e. The largest absolute Gasteiger partial charge is 0.374 e. The van der Waals surface area contributed by atoms with Crippen molar-refractivity contribution in [1.29, 1.82) is 0 Å². The summed E-state index contributed by atoms with van der Waals surface area (Å²) in [5, 5.41) is 1.40. The van der Waals surface area contributed by atoms with Gasteiger partial charge in [-0.25, -0.2) is 0 Å². The summed E-state index contributed by atoms with van der Waals surface area (Å²) in [7, 11) is 0. The van der Waals surface area contributed by atoms with Gasteiger partial charge in [-0.05, 0) is 43.1 Å². The van der Waals surface area contributed by atoms with E-state index in [1.165, 1.54) is 0 Å². The van der Waals surface area contributed by atoms with Crippen LogP contribution < -0.4 is 5.73 Å². The van der Waals surface area contributed by atoms with Crippen LogP contribution in [0, 0.1) is 0 Å². The first-order valence-electron chi connectivity index (χ1n) is 7.13. The van der Waals surface area contributed by atoms with Gasteiger partial charge < -0.3 is 10.5 Å². The van der Waals surface area contributed by atoms with Crippen molar-refractivity contribution in [3.05, 3.63) is 33.8 Å². The van der Waals surface area contributed by atoms with Crippen molar-refractivity contribution >= 4 is 23.2 Å². The number of ether oxygens (including phenoxy) is 1. The minimum atomic E-state index is -0.0642. The first-order valence-corrected chi connectivity index (χ1v) is 7.89. The Morgan fingerprint density at radius 3 is 3.00 bits per heavy atom. The van der Waals surface area contributed by atoms with Crippen LogP contribution in [-0.2, 0) is 11.2 Å². The molecule has 0 spiro atoms. The quantitative estimate of drug-likeness (QED) is 0.907. The topological polar surface area (TPSA) is 38.5 Å². The zero-order valence-electron chi connectivity index (χ0n) is 11.8. The van der Waals surface area contributed by atoms with E-state index in [-0.39, 0.29) is 12.1 Å². The molecular formula is C15H22Cl2N2O. The highest BCUT2D eigenvalue weighted by atomic mass is 35.5. The van der Waals surface area contributed by atoms with Crippen molar-refractivity contribution in [2.75, 3.05) is 26.2 Å². The van der Waals surface area contributed by atoms with E-state index in [4.69, 9.17) is 33.7 Å². The van der Waals surface area contributed by atoms with E-state index < -0.39 is 0 Å². The average Bonchev–Trinajstić information content (AvgIpc) is 2.43. The van der Waals surface area contributed by atoms with Crippen molar-refractivity contribution in [1.82, 2.24) is 4.90 Å². The van der Waals surface area contributed by atoms with Crippen LogP contribution >= 0.6 is 23.2 Å². The first kappa shape index (κ1) is 16.1. The second-order valence-electron chi connectivity index (χ2n) is 5.31. The molecule has 1 aliphatic heterocycles. The van der Waals surface area contributed by atoms with Crippen LogP contribution in [0.4, 0.5) is 0 Å². The summed E-state index contributed by atoms with van der Waals surface area (Å²) in [5.41, 5.74) is 7.29. The van der Waals surface area contributed by atoms with Crippen molar-refractivity contribution in [2.45, 2.75) is 31.9 Å². The summed E-state index contributed by atoms with van der Waals surface area (Å²) in [6, 6.07) is 5.43. The molecule has 3 nitrogen and oxygen atoms in total. The van der Waals surface area contributed by atoms with E-state index in [1.54, 1.807) is 6.07 Å². The van der Waals surface area contributed by atoms with Crippen molar-refractivity contribution < 1.29 is 4.74 Å². The number of hydrogen-bond donors (Lipinski definition) is 1. The molecule has 2 rings (SSSR count). The Balaban J connectivity index is 1.96. The van der Waals surface area contributed by atoms with E-state index >= 15 is 0 Å². The highest BCUT2D eigenvalue weighted by molar-refractivity contribution is 6.33. The monoisotopic (exact) mass is 316 g/mol. The molecule has 0 bridgehead atoms. The second kappa shape index (κ2) is 7.62. The third kappa shape index (κ3) is 4.34. The van der Waals surface area contributed by atoms with Crippen LogP contribution in [0.2, 0.25) is 10.0 Å². The van der Waals surface area contributed by atoms with Gasteiger partial charge in [0.1, 0.15) is 0 Å². The normalized spacial score (nSPS) is 21.9. The molecule has 0 radical (unpaired) electrons. The predicted octanol–water partition coefficient (Wildman–Crippen LogP) is 2.97. The number of halogens is 2. The zero-order valence-corrected chi connectivity index (χ0v) is 13.3. The Labute approximate surface area is 131 Å². The lowest BCUT2D eigenvalue weighted by Gasteiger charge is -2.35. The third-order valence-corrected chi connectivity index (χ3v) is 4.26. The van der Waals surface area contributed by atoms with Gasteiger partial charge in [-0.2, -0.15) is 0 Å². The molecule has 20 heavy (non-hydrogen) atoms. The van der Waals surface area contributed by atoms with Crippen molar-refractivity contribution in [2.24, 2.45) is 5.73 Å². The van der Waals surface area contributed by atoms with Crippen molar-refractivity contribution in [3.8, 4) is 0 Å². The molecule has 0 saturated carbocycles. The second-order valence-corrected chi connectivity index (χ2v) is 6.16. The number of hydrogen-bond acceptors (Lipinski definition) is 3. The molecule has 1 aromatic carbocycles. The third-order valence-electron chi connectivity index (χ3n) is 3.66. The molecule has 0 amide bonds. The zero-order chi connectivity index (χ0) is 14.5. The molecule has 1 saturated heterocycles. The molecule has 112 valence electrons. The Morgan fingerprint density at radius 1 is 1.45 bits per heavy atom. The molecule has 0 aromatic heterocycles. The van der Waals surface area contributed by atoms with Crippen LogP contribution in [0.1, 0.15) is 18.9 Å². The lowest BCUT2D eigenvalue weighted by molar-refractivity contribution is -0.0400. The minimum absolute atomic E-state index is 0.0605. The van der Waals surface area contributed by atoms with E-state index in [2.05, 4.69) is 11.8 Å². The maximum atomic E-state index is 6.30. The van der Waals surface area contributed by atoms with Gasteiger partial charge in [0, 0.05) is 29.2 Å². The summed E-state index contributed by atoms with van der Waals surface area (Å²) in [4.78, 5) is 2.41. The molecule has 2 atom stereocenters. The van der Waals surface area contributed by atoms with Crippen LogP contribution in [0.15, 0.2) is 18.2 Å². The molecule has 1 aliphatic rings. The maximum Gasteiger partial charge on any atom is 0.0856 e. The molecule has 0 aliphatic carbocycles. The van der Waals surface area contributed by atoms with Gasteiger partial charge in [0.05, 0.1) is 12.7 Å². The molecular weight excluding hydrogens is 295 g/mol. The SMILES string of the molecule is CCCN1CCOC(C(N)Cc2cc(Cl)ccc2Cl)C1. The fourth-order valence-corrected chi connectivity index (χ4v) is 2.98. The Morgan fingerprint density at radius 2 is 2.25 bits per heavy atom. The molecule has 1 heterocycles. The summed E-state index contributed by atoms with van der Waals surface area (Å²) >= 11 is 12.2. The lowest BCUT2D eigenvalue weighted by atomic mass is 10.0. The van der Waals surface area contributed by atoms with Gasteiger partial charge in [-0.3, -0.25) is 4.90 Å². The van der Waals surface area contributed by atoms with Gasteiger partial charge in [0.15, 0.2) is 0 Å². The number of rotatable bonds is 5. The van der Waals surface area contributed by atoms with E-state index in [1.807, 2.05) is 12.1 Å². The molecule has 1 fully saturated rings. The molecule has 2 N–H and O–H groups in total. The van der Waals surface area contributed by atoms with Gasteiger partial charge in [-0.15, -0.1) is 0 Å². The van der Waals surface area contributed by atoms with Crippen LogP contribution in [0.5, 0.6) is 0 Å². The Kier molecular flexibility index (Phi) is 6.12. The summed E-state index contributed by atoms with van der Waals surface area (Å²) < 4.78 is 5.82.